The first-order valence-corrected chi connectivity index (χ1v) is 7.26. The fraction of sp³-hybridized carbons (Fsp3) is 1.00. The van der Waals surface area contributed by atoms with Crippen molar-refractivity contribution in [2.45, 2.75) is 44.4 Å². The number of hydrogen-bond donors (Lipinski definition) is 0. The number of rotatable bonds is 2. The molecule has 0 amide bonds. The van der Waals surface area contributed by atoms with Gasteiger partial charge in [0.1, 0.15) is 0 Å². The van der Waals surface area contributed by atoms with Gasteiger partial charge in [0.15, 0.2) is 0 Å². The first kappa shape index (κ1) is 13.9. The Morgan fingerprint density at radius 1 is 1.19 bits per heavy atom. The highest BCUT2D eigenvalue weighted by molar-refractivity contribution is 7.90. The summed E-state index contributed by atoms with van der Waals surface area (Å²) in [7, 11) is 0.618. The molecule has 1 fully saturated rings. The second-order valence-electron chi connectivity index (χ2n) is 5.67. The predicted octanol–water partition coefficient (Wildman–Crippen LogP) is 1.14. The molecule has 5 heteroatoms. The highest BCUT2D eigenvalue weighted by Crippen LogP contribution is 2.24. The minimum absolute atomic E-state index is 0.167. The summed E-state index contributed by atoms with van der Waals surface area (Å²) in [6, 6.07) is 0.167. The third kappa shape index (κ3) is 2.76. The van der Waals surface area contributed by atoms with Crippen LogP contribution in [-0.4, -0.2) is 55.6 Å². The molecule has 0 saturated carbocycles. The lowest BCUT2D eigenvalue weighted by Crippen LogP contribution is -2.49. The standard InChI is InChI=1S/C11H24N2O2S/c1-11(2,3)16(14,15)13(5)10-6-8-12(4)9-7-10/h10H,6-9H2,1-5H3. The van der Waals surface area contributed by atoms with E-state index in [1.807, 2.05) is 0 Å². The van der Waals surface area contributed by atoms with Crippen molar-refractivity contribution < 1.29 is 8.42 Å². The number of nitrogens with zero attached hydrogens (tertiary/aromatic N) is 2. The minimum atomic E-state index is -3.18. The van der Waals surface area contributed by atoms with E-state index >= 15 is 0 Å². The molecule has 0 aliphatic carbocycles. The fourth-order valence-corrected chi connectivity index (χ4v) is 3.45. The maximum atomic E-state index is 12.2. The van der Waals surface area contributed by atoms with Gasteiger partial charge in [0.05, 0.1) is 4.75 Å². The third-order valence-electron chi connectivity index (χ3n) is 3.36. The van der Waals surface area contributed by atoms with Gasteiger partial charge in [-0.15, -0.1) is 0 Å². The van der Waals surface area contributed by atoms with Crippen LogP contribution >= 0.6 is 0 Å². The molecule has 1 saturated heterocycles. The maximum Gasteiger partial charge on any atom is 0.219 e. The lowest BCUT2D eigenvalue weighted by atomic mass is 10.1. The molecule has 96 valence electrons. The molecule has 0 spiro atoms. The summed E-state index contributed by atoms with van der Waals surface area (Å²) in [5, 5.41) is 0. The molecule has 16 heavy (non-hydrogen) atoms. The van der Waals surface area contributed by atoms with E-state index in [0.717, 1.165) is 25.9 Å². The second-order valence-corrected chi connectivity index (χ2v) is 8.42. The Kier molecular flexibility index (Phi) is 4.03. The summed E-state index contributed by atoms with van der Waals surface area (Å²) >= 11 is 0. The van der Waals surface area contributed by atoms with Crippen LogP contribution in [0.5, 0.6) is 0 Å². The van der Waals surface area contributed by atoms with Crippen LogP contribution in [0.3, 0.4) is 0 Å². The van der Waals surface area contributed by atoms with Crippen molar-refractivity contribution >= 4 is 10.0 Å². The predicted molar refractivity (Wildman–Crippen MR) is 67.0 cm³/mol. The van der Waals surface area contributed by atoms with E-state index in [-0.39, 0.29) is 6.04 Å². The van der Waals surface area contributed by atoms with Crippen LogP contribution in [-0.2, 0) is 10.0 Å². The van der Waals surface area contributed by atoms with Gasteiger partial charge in [-0.25, -0.2) is 12.7 Å². The van der Waals surface area contributed by atoms with Crippen molar-refractivity contribution in [2.75, 3.05) is 27.2 Å². The molecule has 0 N–H and O–H groups in total. The topological polar surface area (TPSA) is 40.6 Å². The zero-order valence-corrected chi connectivity index (χ0v) is 11.8. The zero-order chi connectivity index (χ0) is 12.6. The van der Waals surface area contributed by atoms with Crippen LogP contribution in [0, 0.1) is 0 Å². The molecule has 0 aromatic rings. The van der Waals surface area contributed by atoms with Crippen LogP contribution in [0.25, 0.3) is 0 Å². The van der Waals surface area contributed by atoms with E-state index in [1.54, 1.807) is 32.1 Å². The van der Waals surface area contributed by atoms with Gasteiger partial charge in [0.25, 0.3) is 0 Å². The number of sulfonamides is 1. The number of likely N-dealkylation sites (tertiary alicyclic amines) is 1. The first-order valence-electron chi connectivity index (χ1n) is 5.82. The number of piperidine rings is 1. The van der Waals surface area contributed by atoms with Gasteiger partial charge in [-0.1, -0.05) is 0 Å². The summed E-state index contributed by atoms with van der Waals surface area (Å²) in [5.74, 6) is 0. The van der Waals surface area contributed by atoms with Crippen LogP contribution in [0.15, 0.2) is 0 Å². The second kappa shape index (κ2) is 4.63. The molecule has 0 aromatic heterocycles. The monoisotopic (exact) mass is 248 g/mol. The first-order chi connectivity index (χ1) is 7.16. The van der Waals surface area contributed by atoms with Crippen molar-refractivity contribution in [3.8, 4) is 0 Å². The molecular formula is C11H24N2O2S. The minimum Gasteiger partial charge on any atom is -0.306 e. The molecule has 0 radical (unpaired) electrons. The lowest BCUT2D eigenvalue weighted by Gasteiger charge is -2.37. The molecule has 0 aromatic carbocycles. The molecule has 1 rings (SSSR count). The van der Waals surface area contributed by atoms with Gasteiger partial charge >= 0.3 is 0 Å². The quantitative estimate of drug-likeness (QED) is 0.736. The van der Waals surface area contributed by atoms with Crippen LogP contribution in [0.1, 0.15) is 33.6 Å². The van der Waals surface area contributed by atoms with Crippen LogP contribution in [0.2, 0.25) is 0 Å². The summed E-state index contributed by atoms with van der Waals surface area (Å²) < 4.78 is 25.4. The fourth-order valence-electron chi connectivity index (χ4n) is 1.99. The summed E-state index contributed by atoms with van der Waals surface area (Å²) in [5.41, 5.74) is 0. The molecule has 1 aliphatic rings. The average molecular weight is 248 g/mol. The summed E-state index contributed by atoms with van der Waals surface area (Å²) in [4.78, 5) is 2.24. The Morgan fingerprint density at radius 3 is 2.00 bits per heavy atom. The van der Waals surface area contributed by atoms with E-state index < -0.39 is 14.8 Å². The molecule has 0 bridgehead atoms. The van der Waals surface area contributed by atoms with Gasteiger partial charge in [-0.05, 0) is 53.8 Å². The molecular weight excluding hydrogens is 224 g/mol. The average Bonchev–Trinajstić information content (AvgIpc) is 2.16. The van der Waals surface area contributed by atoms with Crippen LogP contribution < -0.4 is 0 Å². The third-order valence-corrected chi connectivity index (χ3v) is 5.96. The van der Waals surface area contributed by atoms with Gasteiger partial charge in [0.2, 0.25) is 10.0 Å². The van der Waals surface area contributed by atoms with Crippen molar-refractivity contribution in [1.82, 2.24) is 9.21 Å². The number of hydrogen-bond acceptors (Lipinski definition) is 3. The Balaban J connectivity index is 2.75. The Hall–Kier alpha value is -0.130. The van der Waals surface area contributed by atoms with Gasteiger partial charge in [-0.3, -0.25) is 0 Å². The highest BCUT2D eigenvalue weighted by Gasteiger charge is 2.37. The molecule has 0 atom stereocenters. The largest absolute Gasteiger partial charge is 0.306 e. The smallest absolute Gasteiger partial charge is 0.219 e. The Labute approximate surface area is 99.7 Å². The van der Waals surface area contributed by atoms with E-state index in [0.29, 0.717) is 0 Å². The SMILES string of the molecule is CN1CCC(N(C)S(=O)(=O)C(C)(C)C)CC1. The van der Waals surface area contributed by atoms with Crippen molar-refractivity contribution in [3.63, 3.8) is 0 Å². The van der Waals surface area contributed by atoms with E-state index in [2.05, 4.69) is 11.9 Å². The zero-order valence-electron chi connectivity index (χ0n) is 11.0. The van der Waals surface area contributed by atoms with E-state index in [4.69, 9.17) is 0 Å². The van der Waals surface area contributed by atoms with Gasteiger partial charge < -0.3 is 4.90 Å². The molecule has 0 unspecified atom stereocenters. The normalized spacial score (nSPS) is 21.6. The highest BCUT2D eigenvalue weighted by atomic mass is 32.2. The molecule has 1 heterocycles. The summed E-state index contributed by atoms with van der Waals surface area (Å²) in [6.07, 6.45) is 1.87. The van der Waals surface area contributed by atoms with E-state index in [1.165, 1.54) is 0 Å². The van der Waals surface area contributed by atoms with Crippen molar-refractivity contribution in [1.29, 1.82) is 0 Å². The van der Waals surface area contributed by atoms with E-state index in [9.17, 15) is 8.42 Å². The molecule has 1 aliphatic heterocycles. The maximum absolute atomic E-state index is 12.2. The van der Waals surface area contributed by atoms with Gasteiger partial charge in [0, 0.05) is 13.1 Å². The van der Waals surface area contributed by atoms with Crippen molar-refractivity contribution in [3.05, 3.63) is 0 Å². The van der Waals surface area contributed by atoms with Gasteiger partial charge in [-0.2, -0.15) is 0 Å². The Bertz CT molecular complexity index is 324. The molecule has 4 nitrogen and oxygen atoms in total. The van der Waals surface area contributed by atoms with Crippen LogP contribution in [0.4, 0.5) is 0 Å². The Morgan fingerprint density at radius 2 is 1.62 bits per heavy atom. The lowest BCUT2D eigenvalue weighted by molar-refractivity contribution is 0.196. The van der Waals surface area contributed by atoms with Crippen molar-refractivity contribution in [2.24, 2.45) is 0 Å². The summed E-state index contributed by atoms with van der Waals surface area (Å²) in [6.45, 7) is 7.23.